The van der Waals surface area contributed by atoms with Crippen molar-refractivity contribution in [1.29, 1.82) is 0 Å². The Hall–Kier alpha value is -7.69. The molecule has 0 saturated heterocycles. The lowest BCUT2D eigenvalue weighted by atomic mass is 9.91. The van der Waals surface area contributed by atoms with Gasteiger partial charge in [0.1, 0.15) is 0 Å². The molecule has 10 rings (SSSR count). The SMILES string of the molecule is C=C/C=C\C(=C/C)c1nc(-c2ccccc2)nc(-c2cccc(-n3c4ccccc4c4c5ccc(-c6ccc(-c7ccccc7)c7ccccc67)cc5ccc43)c2)n1. The van der Waals surface area contributed by atoms with Gasteiger partial charge in [-0.15, -0.1) is 0 Å². The van der Waals surface area contributed by atoms with Crippen molar-refractivity contribution in [1.82, 2.24) is 19.5 Å². The van der Waals surface area contributed by atoms with E-state index in [4.69, 9.17) is 15.0 Å². The molecular formula is C54H38N4. The van der Waals surface area contributed by atoms with Crippen molar-refractivity contribution >= 4 is 48.9 Å². The maximum Gasteiger partial charge on any atom is 0.164 e. The zero-order valence-corrected chi connectivity index (χ0v) is 32.0. The first-order valence-electron chi connectivity index (χ1n) is 19.6. The summed E-state index contributed by atoms with van der Waals surface area (Å²) in [6, 6.07) is 62.7. The van der Waals surface area contributed by atoms with Crippen molar-refractivity contribution in [3.05, 3.63) is 213 Å². The Morgan fingerprint density at radius 3 is 1.86 bits per heavy atom. The van der Waals surface area contributed by atoms with E-state index in [1.165, 1.54) is 54.6 Å². The Morgan fingerprint density at radius 1 is 0.500 bits per heavy atom. The van der Waals surface area contributed by atoms with Crippen LogP contribution >= 0.6 is 0 Å². The van der Waals surface area contributed by atoms with Gasteiger partial charge in [0.25, 0.3) is 0 Å². The van der Waals surface area contributed by atoms with E-state index in [0.29, 0.717) is 17.5 Å². The maximum absolute atomic E-state index is 5.03. The Kier molecular flexibility index (Phi) is 8.85. The normalized spacial score (nSPS) is 12.0. The zero-order chi connectivity index (χ0) is 39.0. The van der Waals surface area contributed by atoms with Gasteiger partial charge < -0.3 is 4.57 Å². The van der Waals surface area contributed by atoms with Crippen LogP contribution in [-0.2, 0) is 0 Å². The molecule has 0 N–H and O–H groups in total. The Morgan fingerprint density at radius 2 is 1.14 bits per heavy atom. The van der Waals surface area contributed by atoms with E-state index in [-0.39, 0.29) is 0 Å². The minimum atomic E-state index is 0.609. The van der Waals surface area contributed by atoms with Gasteiger partial charge in [-0.05, 0) is 81.1 Å². The fourth-order valence-electron chi connectivity index (χ4n) is 8.27. The average Bonchev–Trinajstić information content (AvgIpc) is 3.64. The van der Waals surface area contributed by atoms with E-state index in [2.05, 4.69) is 157 Å². The molecule has 4 nitrogen and oxygen atoms in total. The number of para-hydroxylation sites is 1. The number of aromatic nitrogens is 4. The van der Waals surface area contributed by atoms with Crippen LogP contribution in [0.15, 0.2) is 207 Å². The standard InChI is InChI=1S/C54H38N4/c1-3-5-17-36(4-2)52-55-53(38-20-10-7-11-21-38)57-54(56-52)41-22-16-23-42(35-41)58-49-27-15-14-26-48(49)51-45-30-28-39(34-40(45)29-33-50(51)58)44-32-31-43(37-18-8-6-9-19-37)46-24-12-13-25-47(44)46/h3-35H,1H2,2H3/b17-5-,36-4+. The molecule has 2 aromatic heterocycles. The van der Waals surface area contributed by atoms with Crippen LogP contribution in [0.5, 0.6) is 0 Å². The van der Waals surface area contributed by atoms with Gasteiger partial charge in [0, 0.05) is 33.2 Å². The van der Waals surface area contributed by atoms with Crippen molar-refractivity contribution in [2.75, 3.05) is 0 Å². The average molecular weight is 743 g/mol. The lowest BCUT2D eigenvalue weighted by Gasteiger charge is -2.13. The quantitative estimate of drug-likeness (QED) is 0.146. The molecule has 58 heavy (non-hydrogen) atoms. The van der Waals surface area contributed by atoms with E-state index >= 15 is 0 Å². The molecule has 8 aromatic carbocycles. The summed E-state index contributed by atoms with van der Waals surface area (Å²) in [5.41, 5.74) is 10.9. The molecule has 4 heteroatoms. The lowest BCUT2D eigenvalue weighted by Crippen LogP contribution is -2.03. The van der Waals surface area contributed by atoms with Crippen LogP contribution in [0.3, 0.4) is 0 Å². The van der Waals surface area contributed by atoms with E-state index in [1.54, 1.807) is 6.08 Å². The van der Waals surface area contributed by atoms with Gasteiger partial charge in [0.2, 0.25) is 0 Å². The number of allylic oxidation sites excluding steroid dienone is 5. The second-order valence-corrected chi connectivity index (χ2v) is 14.4. The van der Waals surface area contributed by atoms with Gasteiger partial charge in [-0.2, -0.15) is 0 Å². The Labute approximate surface area is 337 Å². The largest absolute Gasteiger partial charge is 0.309 e. The molecule has 0 aliphatic carbocycles. The number of fused-ring (bicyclic) bond motifs is 6. The first kappa shape index (κ1) is 34.8. The van der Waals surface area contributed by atoms with Gasteiger partial charge in [-0.1, -0.05) is 176 Å². The van der Waals surface area contributed by atoms with E-state index < -0.39 is 0 Å². The monoisotopic (exact) mass is 742 g/mol. The summed E-state index contributed by atoms with van der Waals surface area (Å²) in [5.74, 6) is 1.85. The molecule has 0 aliphatic heterocycles. The van der Waals surface area contributed by atoms with E-state index in [9.17, 15) is 0 Å². The molecule has 0 fully saturated rings. The minimum Gasteiger partial charge on any atom is -0.309 e. The van der Waals surface area contributed by atoms with Gasteiger partial charge in [-0.3, -0.25) is 0 Å². The molecule has 0 atom stereocenters. The highest BCUT2D eigenvalue weighted by Gasteiger charge is 2.18. The van der Waals surface area contributed by atoms with Crippen LogP contribution in [0.2, 0.25) is 0 Å². The summed E-state index contributed by atoms with van der Waals surface area (Å²) >= 11 is 0. The van der Waals surface area contributed by atoms with Gasteiger partial charge in [0.05, 0.1) is 11.0 Å². The van der Waals surface area contributed by atoms with Gasteiger partial charge >= 0.3 is 0 Å². The highest BCUT2D eigenvalue weighted by molar-refractivity contribution is 6.22. The molecule has 0 amide bonds. The third-order valence-electron chi connectivity index (χ3n) is 11.0. The third-order valence-corrected chi connectivity index (χ3v) is 11.0. The van der Waals surface area contributed by atoms with Crippen LogP contribution in [0.4, 0.5) is 0 Å². The Balaban J connectivity index is 1.11. The topological polar surface area (TPSA) is 43.6 Å². The number of nitrogens with zero attached hydrogens (tertiary/aromatic N) is 4. The van der Waals surface area contributed by atoms with Crippen LogP contribution in [0.25, 0.3) is 99.6 Å². The third kappa shape index (κ3) is 6.08. The number of hydrogen-bond donors (Lipinski definition) is 0. The summed E-state index contributed by atoms with van der Waals surface area (Å²) in [7, 11) is 0. The molecule has 2 heterocycles. The number of hydrogen-bond acceptors (Lipinski definition) is 3. The van der Waals surface area contributed by atoms with Gasteiger partial charge in [0.15, 0.2) is 17.5 Å². The fourth-order valence-corrected chi connectivity index (χ4v) is 8.27. The van der Waals surface area contributed by atoms with Crippen molar-refractivity contribution in [3.8, 4) is 50.7 Å². The fraction of sp³-hybridized carbons (Fsp3) is 0.0185. The minimum absolute atomic E-state index is 0.609. The van der Waals surface area contributed by atoms with Crippen LogP contribution < -0.4 is 0 Å². The summed E-state index contributed by atoms with van der Waals surface area (Å²) in [6.45, 7) is 5.85. The van der Waals surface area contributed by atoms with Gasteiger partial charge in [-0.25, -0.2) is 15.0 Å². The van der Waals surface area contributed by atoms with Crippen LogP contribution in [0, 0.1) is 0 Å². The second kappa shape index (κ2) is 14.8. The van der Waals surface area contributed by atoms with Crippen LogP contribution in [-0.4, -0.2) is 19.5 Å². The maximum atomic E-state index is 5.03. The molecule has 274 valence electrons. The molecule has 0 spiro atoms. The predicted molar refractivity (Wildman–Crippen MR) is 244 cm³/mol. The highest BCUT2D eigenvalue weighted by Crippen LogP contribution is 2.41. The summed E-state index contributed by atoms with van der Waals surface area (Å²) in [4.78, 5) is 15.0. The molecule has 0 aliphatic rings. The first-order valence-corrected chi connectivity index (χ1v) is 19.6. The van der Waals surface area contributed by atoms with E-state index in [0.717, 1.165) is 33.4 Å². The smallest absolute Gasteiger partial charge is 0.164 e. The van der Waals surface area contributed by atoms with Crippen molar-refractivity contribution in [2.24, 2.45) is 0 Å². The number of benzene rings is 8. The number of rotatable bonds is 8. The second-order valence-electron chi connectivity index (χ2n) is 14.4. The van der Waals surface area contributed by atoms with Crippen molar-refractivity contribution < 1.29 is 0 Å². The molecule has 0 radical (unpaired) electrons. The van der Waals surface area contributed by atoms with Crippen molar-refractivity contribution in [3.63, 3.8) is 0 Å². The highest BCUT2D eigenvalue weighted by atomic mass is 15.0. The molecule has 0 unspecified atom stereocenters. The predicted octanol–water partition coefficient (Wildman–Crippen LogP) is 14.1. The summed E-state index contributed by atoms with van der Waals surface area (Å²) in [6.07, 6.45) is 7.65. The zero-order valence-electron chi connectivity index (χ0n) is 32.0. The Bertz CT molecular complexity index is 3240. The molecule has 0 saturated carbocycles. The molecule has 10 aromatic rings. The molecule has 0 bridgehead atoms. The molecular weight excluding hydrogens is 705 g/mol. The van der Waals surface area contributed by atoms with E-state index in [1.807, 2.05) is 55.5 Å². The first-order chi connectivity index (χ1) is 28.7. The lowest BCUT2D eigenvalue weighted by molar-refractivity contribution is 1.04. The summed E-state index contributed by atoms with van der Waals surface area (Å²) in [5, 5.41) is 7.36. The van der Waals surface area contributed by atoms with Crippen LogP contribution in [0.1, 0.15) is 12.7 Å². The van der Waals surface area contributed by atoms with Crippen molar-refractivity contribution in [2.45, 2.75) is 6.92 Å². The summed E-state index contributed by atoms with van der Waals surface area (Å²) < 4.78 is 2.36.